The molecule has 0 rings (SSSR count). The molecule has 2 unspecified atom stereocenters. The molecule has 0 aromatic carbocycles. The highest BCUT2D eigenvalue weighted by molar-refractivity contribution is 7.90. The zero-order valence-corrected chi connectivity index (χ0v) is 12.1. The highest BCUT2D eigenvalue weighted by Gasteiger charge is 2.32. The van der Waals surface area contributed by atoms with Crippen LogP contribution in [0.2, 0.25) is 0 Å². The fraction of sp³-hybridized carbons (Fsp3) is 0.800. The SMILES string of the molecule is CCCC/C=C/C(C)C(CS(=O)(=O)O)S(=O)(=O)O. The van der Waals surface area contributed by atoms with Crippen molar-refractivity contribution >= 4 is 20.2 Å². The maximum absolute atomic E-state index is 11.1. The fourth-order valence-electron chi connectivity index (χ4n) is 1.47. The molecule has 8 heteroatoms. The van der Waals surface area contributed by atoms with E-state index < -0.39 is 37.2 Å². The van der Waals surface area contributed by atoms with E-state index in [9.17, 15) is 16.8 Å². The maximum atomic E-state index is 11.1. The molecule has 0 radical (unpaired) electrons. The normalized spacial score (nSPS) is 16.9. The first kappa shape index (κ1) is 17.6. The molecule has 0 spiro atoms. The monoisotopic (exact) mass is 300 g/mol. The van der Waals surface area contributed by atoms with Crippen LogP contribution in [0.25, 0.3) is 0 Å². The summed E-state index contributed by atoms with van der Waals surface area (Å²) < 4.78 is 61.3. The van der Waals surface area contributed by atoms with Crippen molar-refractivity contribution in [3.8, 4) is 0 Å². The zero-order valence-electron chi connectivity index (χ0n) is 10.5. The van der Waals surface area contributed by atoms with Crippen LogP contribution in [0, 0.1) is 5.92 Å². The molecule has 2 atom stereocenters. The minimum absolute atomic E-state index is 0.696. The van der Waals surface area contributed by atoms with Crippen LogP contribution in [0.1, 0.15) is 33.1 Å². The summed E-state index contributed by atoms with van der Waals surface area (Å²) in [7, 11) is -8.99. The minimum atomic E-state index is -4.53. The number of hydrogen-bond acceptors (Lipinski definition) is 4. The lowest BCUT2D eigenvalue weighted by Crippen LogP contribution is -2.34. The number of allylic oxidation sites excluding steroid dienone is 2. The van der Waals surface area contributed by atoms with E-state index in [-0.39, 0.29) is 0 Å². The van der Waals surface area contributed by atoms with Crippen molar-refractivity contribution in [2.45, 2.75) is 38.4 Å². The molecule has 108 valence electrons. The summed E-state index contributed by atoms with van der Waals surface area (Å²) in [5.41, 5.74) is 0. The van der Waals surface area contributed by atoms with Crippen LogP contribution >= 0.6 is 0 Å². The first-order chi connectivity index (χ1) is 8.08. The van der Waals surface area contributed by atoms with Crippen LogP contribution < -0.4 is 0 Å². The van der Waals surface area contributed by atoms with Gasteiger partial charge in [-0.3, -0.25) is 9.11 Å². The molecular weight excluding hydrogens is 280 g/mol. The quantitative estimate of drug-likeness (QED) is 0.399. The van der Waals surface area contributed by atoms with Gasteiger partial charge in [0.15, 0.2) is 0 Å². The van der Waals surface area contributed by atoms with Crippen molar-refractivity contribution in [2.24, 2.45) is 5.92 Å². The van der Waals surface area contributed by atoms with Crippen molar-refractivity contribution in [3.63, 3.8) is 0 Å². The van der Waals surface area contributed by atoms with Gasteiger partial charge in [0.25, 0.3) is 20.2 Å². The van der Waals surface area contributed by atoms with Crippen molar-refractivity contribution < 1.29 is 25.9 Å². The molecule has 0 aliphatic heterocycles. The number of hydrogen-bond donors (Lipinski definition) is 2. The summed E-state index contributed by atoms with van der Waals surface area (Å²) in [6, 6.07) is 0. The largest absolute Gasteiger partial charge is 0.286 e. The Morgan fingerprint density at radius 3 is 2.11 bits per heavy atom. The van der Waals surface area contributed by atoms with E-state index in [0.29, 0.717) is 0 Å². The Bertz CT molecular complexity index is 463. The van der Waals surface area contributed by atoms with Crippen molar-refractivity contribution in [3.05, 3.63) is 12.2 Å². The Morgan fingerprint density at radius 1 is 1.17 bits per heavy atom. The van der Waals surface area contributed by atoms with E-state index >= 15 is 0 Å². The molecule has 0 bridgehead atoms. The summed E-state index contributed by atoms with van der Waals surface area (Å²) >= 11 is 0. The third-order valence-electron chi connectivity index (χ3n) is 2.51. The van der Waals surface area contributed by atoms with Gasteiger partial charge in [0.2, 0.25) is 0 Å². The summed E-state index contributed by atoms with van der Waals surface area (Å²) in [6.07, 6.45) is 5.98. The molecular formula is C10H20O6S2. The molecule has 0 aromatic rings. The predicted molar refractivity (Wildman–Crippen MR) is 69.6 cm³/mol. The third-order valence-corrected chi connectivity index (χ3v) is 4.86. The zero-order chi connectivity index (χ0) is 14.4. The lowest BCUT2D eigenvalue weighted by molar-refractivity contribution is 0.444. The third kappa shape index (κ3) is 7.80. The molecule has 0 aromatic heterocycles. The average molecular weight is 300 g/mol. The Labute approximate surface area is 109 Å². The Balaban J connectivity index is 4.83. The predicted octanol–water partition coefficient (Wildman–Crippen LogP) is 1.51. The van der Waals surface area contributed by atoms with E-state index in [2.05, 4.69) is 0 Å². The van der Waals surface area contributed by atoms with E-state index in [1.165, 1.54) is 6.92 Å². The second-order valence-electron chi connectivity index (χ2n) is 4.23. The maximum Gasteiger partial charge on any atom is 0.269 e. The lowest BCUT2D eigenvalue weighted by Gasteiger charge is -2.16. The van der Waals surface area contributed by atoms with Gasteiger partial charge >= 0.3 is 0 Å². The van der Waals surface area contributed by atoms with E-state index in [1.807, 2.05) is 6.92 Å². The number of rotatable bonds is 8. The fourth-order valence-corrected chi connectivity index (χ4v) is 4.03. The summed E-state index contributed by atoms with van der Waals surface area (Å²) in [5, 5.41) is -1.55. The van der Waals surface area contributed by atoms with Crippen LogP contribution in [0.5, 0.6) is 0 Å². The molecule has 2 N–H and O–H groups in total. The number of unbranched alkanes of at least 4 members (excludes halogenated alkanes) is 2. The van der Waals surface area contributed by atoms with E-state index in [0.717, 1.165) is 19.3 Å². The van der Waals surface area contributed by atoms with Crippen molar-refractivity contribution in [1.29, 1.82) is 0 Å². The highest BCUT2D eigenvalue weighted by Crippen LogP contribution is 2.16. The van der Waals surface area contributed by atoms with E-state index in [4.69, 9.17) is 9.11 Å². The van der Waals surface area contributed by atoms with Gasteiger partial charge in [-0.05, 0) is 12.3 Å². The van der Waals surface area contributed by atoms with Gasteiger partial charge in [-0.2, -0.15) is 16.8 Å². The molecule has 0 aliphatic rings. The van der Waals surface area contributed by atoms with Crippen LogP contribution in [-0.2, 0) is 20.2 Å². The first-order valence-corrected chi connectivity index (χ1v) is 8.77. The van der Waals surface area contributed by atoms with Crippen LogP contribution in [0.15, 0.2) is 12.2 Å². The lowest BCUT2D eigenvalue weighted by atomic mass is 10.1. The molecule has 0 aliphatic carbocycles. The average Bonchev–Trinajstić information content (AvgIpc) is 2.18. The summed E-state index contributed by atoms with van der Waals surface area (Å²) in [6.45, 7) is 3.49. The smallest absolute Gasteiger partial charge is 0.269 e. The molecule has 0 fully saturated rings. The van der Waals surface area contributed by atoms with Crippen LogP contribution in [-0.4, -0.2) is 36.9 Å². The molecule has 6 nitrogen and oxygen atoms in total. The van der Waals surface area contributed by atoms with Crippen LogP contribution in [0.4, 0.5) is 0 Å². The van der Waals surface area contributed by atoms with Crippen molar-refractivity contribution in [1.82, 2.24) is 0 Å². The van der Waals surface area contributed by atoms with Gasteiger partial charge < -0.3 is 0 Å². The molecule has 0 heterocycles. The summed E-state index contributed by atoms with van der Waals surface area (Å²) in [4.78, 5) is 0. The van der Waals surface area contributed by atoms with Gasteiger partial charge in [-0.25, -0.2) is 0 Å². The Kier molecular flexibility index (Phi) is 7.05. The van der Waals surface area contributed by atoms with Gasteiger partial charge in [0, 0.05) is 0 Å². The van der Waals surface area contributed by atoms with Gasteiger partial charge in [-0.15, -0.1) is 0 Å². The molecule has 0 saturated carbocycles. The molecule has 0 saturated heterocycles. The van der Waals surface area contributed by atoms with Gasteiger partial charge in [0.05, 0.1) is 5.75 Å². The van der Waals surface area contributed by atoms with Crippen LogP contribution in [0.3, 0.4) is 0 Å². The second-order valence-corrected chi connectivity index (χ2v) is 7.36. The minimum Gasteiger partial charge on any atom is -0.286 e. The standard InChI is InChI=1S/C10H20O6S2/c1-3-4-5-6-7-9(2)10(18(14,15)16)8-17(11,12)13/h6-7,9-10H,3-5,8H2,1-2H3,(H,11,12,13)(H,14,15,16)/b7-6+. The second kappa shape index (κ2) is 7.22. The molecule has 0 amide bonds. The Morgan fingerprint density at radius 2 is 1.72 bits per heavy atom. The molecule has 18 heavy (non-hydrogen) atoms. The van der Waals surface area contributed by atoms with Crippen molar-refractivity contribution in [2.75, 3.05) is 5.75 Å². The summed E-state index contributed by atoms with van der Waals surface area (Å²) in [5.74, 6) is -1.70. The van der Waals surface area contributed by atoms with Gasteiger partial charge in [0.1, 0.15) is 5.25 Å². The highest BCUT2D eigenvalue weighted by atomic mass is 32.2. The first-order valence-electron chi connectivity index (χ1n) is 5.66. The topological polar surface area (TPSA) is 109 Å². The van der Waals surface area contributed by atoms with E-state index in [1.54, 1.807) is 12.2 Å². The Hall–Kier alpha value is -0.440. The van der Waals surface area contributed by atoms with Gasteiger partial charge in [-0.1, -0.05) is 38.8 Å².